The van der Waals surface area contributed by atoms with E-state index >= 15 is 0 Å². The fourth-order valence-corrected chi connectivity index (χ4v) is 1.27. The number of nitrogens with one attached hydrogen (secondary N) is 1. The minimum absolute atomic E-state index is 0.678. The molecular weight excluding hydrogens is 122 g/mol. The molecule has 10 heavy (non-hydrogen) atoms. The van der Waals surface area contributed by atoms with Crippen LogP contribution in [0.3, 0.4) is 0 Å². The minimum atomic E-state index is 0.678. The summed E-state index contributed by atoms with van der Waals surface area (Å²) >= 11 is 0. The van der Waals surface area contributed by atoms with Gasteiger partial charge in [0.1, 0.15) is 0 Å². The molecule has 1 N–H and O–H groups in total. The molecule has 0 saturated heterocycles. The van der Waals surface area contributed by atoms with Gasteiger partial charge in [0.25, 0.3) is 0 Å². The van der Waals surface area contributed by atoms with Crippen molar-refractivity contribution in [2.24, 2.45) is 5.92 Å². The average Bonchev–Trinajstić information content (AvgIpc) is 1.88. The van der Waals surface area contributed by atoms with E-state index in [2.05, 4.69) is 33.0 Å². The van der Waals surface area contributed by atoms with Crippen molar-refractivity contribution < 1.29 is 0 Å². The molecule has 0 spiro atoms. The summed E-state index contributed by atoms with van der Waals surface area (Å²) in [5, 5.41) is 3.18. The van der Waals surface area contributed by atoms with Gasteiger partial charge in [-0.05, 0) is 24.8 Å². The molecule has 0 radical (unpaired) electrons. The molecule has 0 unspecified atom stereocenters. The summed E-state index contributed by atoms with van der Waals surface area (Å²) in [6.45, 7) is 8.81. The van der Waals surface area contributed by atoms with Gasteiger partial charge in [-0.1, -0.05) is 20.8 Å². The van der Waals surface area contributed by atoms with Gasteiger partial charge in [-0.15, -0.1) is 0 Å². The van der Waals surface area contributed by atoms with Gasteiger partial charge in [-0.2, -0.15) is 0 Å². The Hall–Kier alpha value is -0.460. The normalized spacial score (nSPS) is 13.4. The van der Waals surface area contributed by atoms with Crippen molar-refractivity contribution in [2.75, 3.05) is 7.05 Å². The van der Waals surface area contributed by atoms with Crippen molar-refractivity contribution in [2.45, 2.75) is 34.1 Å². The van der Waals surface area contributed by atoms with Gasteiger partial charge in [0.2, 0.25) is 0 Å². The molecule has 0 heterocycles. The molecule has 0 saturated carbocycles. The molecule has 1 heteroatoms. The largest absolute Gasteiger partial charge is 0.392 e. The van der Waals surface area contributed by atoms with Crippen molar-refractivity contribution in [3.63, 3.8) is 0 Å². The van der Waals surface area contributed by atoms with Crippen LogP contribution in [0.15, 0.2) is 11.3 Å². The molecule has 0 aromatic rings. The molecule has 0 amide bonds. The zero-order valence-electron chi connectivity index (χ0n) is 7.78. The first-order valence-electron chi connectivity index (χ1n) is 4.00. The third kappa shape index (κ3) is 2.42. The molecule has 0 bridgehead atoms. The Bertz CT molecular complexity index is 123. The molecule has 0 rings (SSSR count). The Morgan fingerprint density at radius 1 is 1.40 bits per heavy atom. The molecule has 0 fully saturated rings. The Morgan fingerprint density at radius 3 is 2.00 bits per heavy atom. The monoisotopic (exact) mass is 141 g/mol. The van der Waals surface area contributed by atoms with Crippen molar-refractivity contribution in [3.8, 4) is 0 Å². The van der Waals surface area contributed by atoms with Gasteiger partial charge in [0.05, 0.1) is 0 Å². The fourth-order valence-electron chi connectivity index (χ4n) is 1.27. The molecule has 0 aliphatic carbocycles. The quantitative estimate of drug-likeness (QED) is 0.637. The first kappa shape index (κ1) is 9.54. The lowest BCUT2D eigenvalue weighted by molar-refractivity contribution is 0.702. The summed E-state index contributed by atoms with van der Waals surface area (Å²) in [6.07, 6.45) is 1.16. The van der Waals surface area contributed by atoms with Crippen LogP contribution in [0.5, 0.6) is 0 Å². The highest BCUT2D eigenvalue weighted by molar-refractivity contribution is 5.11. The van der Waals surface area contributed by atoms with E-state index in [1.165, 1.54) is 11.3 Å². The maximum atomic E-state index is 3.18. The van der Waals surface area contributed by atoms with E-state index in [1.54, 1.807) is 0 Å². The van der Waals surface area contributed by atoms with Crippen LogP contribution in [0.4, 0.5) is 0 Å². The van der Waals surface area contributed by atoms with E-state index in [0.29, 0.717) is 5.92 Å². The number of hydrogen-bond donors (Lipinski definition) is 1. The number of rotatable bonds is 3. The Kier molecular flexibility index (Phi) is 4.17. The molecule has 60 valence electrons. The van der Waals surface area contributed by atoms with Crippen molar-refractivity contribution >= 4 is 0 Å². The maximum absolute atomic E-state index is 3.18. The highest BCUT2D eigenvalue weighted by Crippen LogP contribution is 2.15. The van der Waals surface area contributed by atoms with Crippen LogP contribution in [0.25, 0.3) is 0 Å². The predicted molar refractivity (Wildman–Crippen MR) is 46.9 cm³/mol. The van der Waals surface area contributed by atoms with Gasteiger partial charge < -0.3 is 5.32 Å². The van der Waals surface area contributed by atoms with Crippen LogP contribution < -0.4 is 5.32 Å². The fraction of sp³-hybridized carbons (Fsp3) is 0.778. The van der Waals surface area contributed by atoms with Gasteiger partial charge >= 0.3 is 0 Å². The van der Waals surface area contributed by atoms with E-state index in [0.717, 1.165) is 6.42 Å². The predicted octanol–water partition coefficient (Wildman–Crippen LogP) is 2.55. The second-order valence-corrected chi connectivity index (χ2v) is 2.91. The van der Waals surface area contributed by atoms with Crippen LogP contribution in [0.1, 0.15) is 34.1 Å². The summed E-state index contributed by atoms with van der Waals surface area (Å²) in [6, 6.07) is 0. The van der Waals surface area contributed by atoms with Crippen LogP contribution >= 0.6 is 0 Å². The standard InChI is InChI=1S/C9H19N/c1-6-9(7(2)3)8(4)10-5/h7,10H,6H2,1-5H3/b9-8+. The van der Waals surface area contributed by atoms with Crippen LogP contribution in [-0.2, 0) is 0 Å². The summed E-state index contributed by atoms with van der Waals surface area (Å²) in [4.78, 5) is 0. The third-order valence-corrected chi connectivity index (χ3v) is 1.93. The van der Waals surface area contributed by atoms with Gasteiger partial charge in [0.15, 0.2) is 0 Å². The van der Waals surface area contributed by atoms with Crippen LogP contribution in [0, 0.1) is 5.92 Å². The molecule has 0 aliphatic rings. The number of allylic oxidation sites excluding steroid dienone is 2. The molecule has 0 aromatic heterocycles. The van der Waals surface area contributed by atoms with Crippen molar-refractivity contribution in [3.05, 3.63) is 11.3 Å². The van der Waals surface area contributed by atoms with E-state index in [-0.39, 0.29) is 0 Å². The zero-order chi connectivity index (χ0) is 8.15. The van der Waals surface area contributed by atoms with E-state index in [4.69, 9.17) is 0 Å². The number of hydrogen-bond acceptors (Lipinski definition) is 1. The van der Waals surface area contributed by atoms with Crippen LogP contribution in [-0.4, -0.2) is 7.05 Å². The van der Waals surface area contributed by atoms with E-state index in [9.17, 15) is 0 Å². The van der Waals surface area contributed by atoms with Crippen molar-refractivity contribution in [1.29, 1.82) is 0 Å². The van der Waals surface area contributed by atoms with E-state index < -0.39 is 0 Å². The Morgan fingerprint density at radius 2 is 1.90 bits per heavy atom. The first-order valence-corrected chi connectivity index (χ1v) is 4.00. The topological polar surface area (TPSA) is 12.0 Å². The Balaban J connectivity index is 4.29. The van der Waals surface area contributed by atoms with Crippen molar-refractivity contribution in [1.82, 2.24) is 5.32 Å². The van der Waals surface area contributed by atoms with Gasteiger partial charge in [0, 0.05) is 12.7 Å². The summed E-state index contributed by atoms with van der Waals surface area (Å²) in [7, 11) is 1.98. The average molecular weight is 141 g/mol. The summed E-state index contributed by atoms with van der Waals surface area (Å²) < 4.78 is 0. The molecule has 0 aliphatic heterocycles. The second kappa shape index (κ2) is 4.37. The molecule has 1 nitrogen and oxygen atoms in total. The SMILES string of the molecule is CC/C(=C(/C)NC)C(C)C. The molecular formula is C9H19N. The highest BCUT2D eigenvalue weighted by atomic mass is 14.8. The van der Waals surface area contributed by atoms with Gasteiger partial charge in [-0.3, -0.25) is 0 Å². The summed E-state index contributed by atoms with van der Waals surface area (Å²) in [5.41, 5.74) is 2.86. The van der Waals surface area contributed by atoms with E-state index in [1.807, 2.05) is 7.05 Å². The smallest absolute Gasteiger partial charge is 0.00668 e. The second-order valence-electron chi connectivity index (χ2n) is 2.91. The molecule has 0 atom stereocenters. The lowest BCUT2D eigenvalue weighted by Gasteiger charge is -2.13. The minimum Gasteiger partial charge on any atom is -0.392 e. The third-order valence-electron chi connectivity index (χ3n) is 1.93. The maximum Gasteiger partial charge on any atom is 0.00668 e. The summed E-state index contributed by atoms with van der Waals surface area (Å²) in [5.74, 6) is 0.678. The molecule has 0 aromatic carbocycles. The lowest BCUT2D eigenvalue weighted by atomic mass is 9.99. The van der Waals surface area contributed by atoms with Crippen LogP contribution in [0.2, 0.25) is 0 Å². The zero-order valence-corrected chi connectivity index (χ0v) is 7.78. The first-order chi connectivity index (χ1) is 4.63. The Labute approximate surface area is 64.5 Å². The highest BCUT2D eigenvalue weighted by Gasteiger charge is 2.02. The lowest BCUT2D eigenvalue weighted by Crippen LogP contribution is -2.08. The van der Waals surface area contributed by atoms with Gasteiger partial charge in [-0.25, -0.2) is 0 Å².